The molecular weight excluding hydrogens is 342 g/mol. The molecule has 0 radical (unpaired) electrons. The minimum absolute atomic E-state index is 0.292. The molecule has 1 heterocycles. The van der Waals surface area contributed by atoms with Crippen molar-refractivity contribution < 1.29 is 14.3 Å². The van der Waals surface area contributed by atoms with Crippen LogP contribution in [0.2, 0.25) is 0 Å². The Bertz CT molecular complexity index is 986. The number of esters is 1. The third kappa shape index (κ3) is 4.49. The largest absolute Gasteiger partial charge is 0.465 e. The SMILES string of the molecule is COC(=O)c1ccccc1NC(=O)c1ccnc(Nc2cccc(C)c2)c1. The number of hydrogen-bond donors (Lipinski definition) is 2. The molecule has 0 saturated carbocycles. The van der Waals surface area contributed by atoms with Gasteiger partial charge in [0, 0.05) is 17.4 Å². The Morgan fingerprint density at radius 1 is 1.00 bits per heavy atom. The van der Waals surface area contributed by atoms with Crippen molar-refractivity contribution in [3.05, 3.63) is 83.6 Å². The lowest BCUT2D eigenvalue weighted by molar-refractivity contribution is 0.0602. The van der Waals surface area contributed by atoms with Gasteiger partial charge in [0.1, 0.15) is 5.82 Å². The summed E-state index contributed by atoms with van der Waals surface area (Å²) in [4.78, 5) is 28.7. The van der Waals surface area contributed by atoms with Gasteiger partial charge in [-0.25, -0.2) is 9.78 Å². The van der Waals surface area contributed by atoms with E-state index in [1.807, 2.05) is 31.2 Å². The summed E-state index contributed by atoms with van der Waals surface area (Å²) in [6.45, 7) is 2.00. The first kappa shape index (κ1) is 18.1. The Balaban J connectivity index is 1.79. The number of benzene rings is 2. The van der Waals surface area contributed by atoms with Crippen LogP contribution in [-0.2, 0) is 4.74 Å². The second-order valence-electron chi connectivity index (χ2n) is 5.92. The molecule has 2 N–H and O–H groups in total. The molecule has 136 valence electrons. The molecule has 0 unspecified atom stereocenters. The number of nitrogens with one attached hydrogen (secondary N) is 2. The van der Waals surface area contributed by atoms with E-state index in [1.165, 1.54) is 7.11 Å². The normalized spacial score (nSPS) is 10.1. The van der Waals surface area contributed by atoms with Crippen molar-refractivity contribution in [2.75, 3.05) is 17.7 Å². The van der Waals surface area contributed by atoms with Gasteiger partial charge in [0.05, 0.1) is 18.4 Å². The van der Waals surface area contributed by atoms with E-state index < -0.39 is 5.97 Å². The van der Waals surface area contributed by atoms with Crippen LogP contribution in [0, 0.1) is 6.92 Å². The molecule has 0 atom stereocenters. The second-order valence-corrected chi connectivity index (χ2v) is 5.92. The van der Waals surface area contributed by atoms with Gasteiger partial charge in [-0.1, -0.05) is 24.3 Å². The Labute approximate surface area is 157 Å². The number of carbonyl (C=O) groups excluding carboxylic acids is 2. The number of anilines is 3. The van der Waals surface area contributed by atoms with Crippen LogP contribution in [0.4, 0.5) is 17.2 Å². The van der Waals surface area contributed by atoms with Crippen LogP contribution in [0.25, 0.3) is 0 Å². The number of aromatic nitrogens is 1. The summed E-state index contributed by atoms with van der Waals surface area (Å²) in [5.41, 5.74) is 3.10. The third-order valence-electron chi connectivity index (χ3n) is 3.89. The van der Waals surface area contributed by atoms with Gasteiger partial charge in [-0.05, 0) is 48.9 Å². The number of aryl methyl sites for hydroxylation is 1. The monoisotopic (exact) mass is 361 g/mol. The van der Waals surface area contributed by atoms with Crippen molar-refractivity contribution in [3.63, 3.8) is 0 Å². The van der Waals surface area contributed by atoms with Crippen LogP contribution in [0.3, 0.4) is 0 Å². The smallest absolute Gasteiger partial charge is 0.339 e. The number of carbonyl (C=O) groups is 2. The molecule has 3 rings (SSSR count). The van der Waals surface area contributed by atoms with E-state index in [0.717, 1.165) is 11.3 Å². The van der Waals surface area contributed by atoms with Crippen molar-refractivity contribution in [3.8, 4) is 0 Å². The minimum Gasteiger partial charge on any atom is -0.465 e. The Kier molecular flexibility index (Phi) is 5.47. The van der Waals surface area contributed by atoms with Gasteiger partial charge in [0.25, 0.3) is 5.91 Å². The molecule has 6 nitrogen and oxygen atoms in total. The zero-order valence-electron chi connectivity index (χ0n) is 15.0. The molecule has 0 aliphatic rings. The number of methoxy groups -OCH3 is 1. The summed E-state index contributed by atoms with van der Waals surface area (Å²) in [6.07, 6.45) is 1.55. The highest BCUT2D eigenvalue weighted by molar-refractivity contribution is 6.08. The van der Waals surface area contributed by atoms with Gasteiger partial charge in [-0.2, -0.15) is 0 Å². The maximum Gasteiger partial charge on any atom is 0.339 e. The summed E-state index contributed by atoms with van der Waals surface area (Å²) in [5, 5.41) is 5.92. The standard InChI is InChI=1S/C21H19N3O3/c1-14-6-5-7-16(12-14)23-19-13-15(10-11-22-19)20(25)24-18-9-4-3-8-17(18)21(26)27-2/h3-13H,1-2H3,(H,22,23)(H,24,25). The zero-order chi connectivity index (χ0) is 19.2. The highest BCUT2D eigenvalue weighted by atomic mass is 16.5. The average Bonchev–Trinajstić information content (AvgIpc) is 2.68. The number of ether oxygens (including phenoxy) is 1. The van der Waals surface area contributed by atoms with Crippen LogP contribution in [0.1, 0.15) is 26.3 Å². The molecule has 0 aliphatic heterocycles. The van der Waals surface area contributed by atoms with E-state index in [2.05, 4.69) is 15.6 Å². The van der Waals surface area contributed by atoms with Gasteiger partial charge in [0.15, 0.2) is 0 Å². The first-order valence-electron chi connectivity index (χ1n) is 8.35. The first-order chi connectivity index (χ1) is 13.1. The molecule has 27 heavy (non-hydrogen) atoms. The number of hydrogen-bond acceptors (Lipinski definition) is 5. The zero-order valence-corrected chi connectivity index (χ0v) is 15.0. The van der Waals surface area contributed by atoms with E-state index in [4.69, 9.17) is 4.74 Å². The Morgan fingerprint density at radius 3 is 2.59 bits per heavy atom. The van der Waals surface area contributed by atoms with Crippen molar-refractivity contribution in [2.24, 2.45) is 0 Å². The quantitative estimate of drug-likeness (QED) is 0.667. The van der Waals surface area contributed by atoms with Crippen molar-refractivity contribution in [1.82, 2.24) is 4.98 Å². The van der Waals surface area contributed by atoms with Crippen LogP contribution in [0.15, 0.2) is 66.9 Å². The first-order valence-corrected chi connectivity index (χ1v) is 8.35. The van der Waals surface area contributed by atoms with E-state index in [0.29, 0.717) is 22.6 Å². The van der Waals surface area contributed by atoms with Crippen molar-refractivity contribution in [2.45, 2.75) is 6.92 Å². The highest BCUT2D eigenvalue weighted by Gasteiger charge is 2.14. The maximum atomic E-state index is 12.6. The molecule has 0 aliphatic carbocycles. The summed E-state index contributed by atoms with van der Waals surface area (Å²) in [6, 6.07) is 17.8. The lowest BCUT2D eigenvalue weighted by Gasteiger charge is -2.11. The molecule has 2 aromatic carbocycles. The van der Waals surface area contributed by atoms with E-state index in [1.54, 1.807) is 42.6 Å². The second kappa shape index (κ2) is 8.14. The lowest BCUT2D eigenvalue weighted by Crippen LogP contribution is -2.15. The summed E-state index contributed by atoms with van der Waals surface area (Å²) >= 11 is 0. The van der Waals surface area contributed by atoms with Crippen LogP contribution in [0.5, 0.6) is 0 Å². The van der Waals surface area contributed by atoms with Gasteiger partial charge in [0.2, 0.25) is 0 Å². The summed E-state index contributed by atoms with van der Waals surface area (Å²) < 4.78 is 4.75. The third-order valence-corrected chi connectivity index (χ3v) is 3.89. The molecule has 0 bridgehead atoms. The highest BCUT2D eigenvalue weighted by Crippen LogP contribution is 2.19. The molecule has 1 amide bonds. The Morgan fingerprint density at radius 2 is 1.81 bits per heavy atom. The lowest BCUT2D eigenvalue weighted by atomic mass is 10.1. The van der Waals surface area contributed by atoms with Gasteiger partial charge >= 0.3 is 5.97 Å². The van der Waals surface area contributed by atoms with E-state index in [9.17, 15) is 9.59 Å². The molecule has 0 spiro atoms. The average molecular weight is 361 g/mol. The summed E-state index contributed by atoms with van der Waals surface area (Å²) in [7, 11) is 1.30. The maximum absolute atomic E-state index is 12.6. The van der Waals surface area contributed by atoms with Crippen molar-refractivity contribution in [1.29, 1.82) is 0 Å². The number of nitrogens with zero attached hydrogens (tertiary/aromatic N) is 1. The van der Waals surface area contributed by atoms with Crippen molar-refractivity contribution >= 4 is 29.1 Å². The molecule has 1 aromatic heterocycles. The van der Waals surface area contributed by atoms with Crippen LogP contribution in [-0.4, -0.2) is 24.0 Å². The van der Waals surface area contributed by atoms with E-state index in [-0.39, 0.29) is 5.91 Å². The Hall–Kier alpha value is -3.67. The number of para-hydroxylation sites is 1. The number of amides is 1. The summed E-state index contributed by atoms with van der Waals surface area (Å²) in [5.74, 6) is -0.307. The topological polar surface area (TPSA) is 80.3 Å². The molecule has 0 saturated heterocycles. The van der Waals surface area contributed by atoms with Gasteiger partial charge in [-0.3, -0.25) is 4.79 Å². The molecule has 0 fully saturated rings. The predicted molar refractivity (Wildman–Crippen MR) is 104 cm³/mol. The fourth-order valence-corrected chi connectivity index (χ4v) is 2.59. The molecular formula is C21H19N3O3. The predicted octanol–water partition coefficient (Wildman–Crippen LogP) is 4.17. The fraction of sp³-hybridized carbons (Fsp3) is 0.0952. The van der Waals surface area contributed by atoms with Gasteiger partial charge < -0.3 is 15.4 Å². The fourth-order valence-electron chi connectivity index (χ4n) is 2.59. The van der Waals surface area contributed by atoms with E-state index >= 15 is 0 Å². The minimum atomic E-state index is -0.512. The van der Waals surface area contributed by atoms with Crippen LogP contribution >= 0.6 is 0 Å². The number of rotatable bonds is 5. The van der Waals surface area contributed by atoms with Crippen LogP contribution < -0.4 is 10.6 Å². The number of pyridine rings is 1. The van der Waals surface area contributed by atoms with Gasteiger partial charge in [-0.15, -0.1) is 0 Å². The molecule has 3 aromatic rings. The molecule has 6 heteroatoms.